The van der Waals surface area contributed by atoms with E-state index in [-0.39, 0.29) is 35.8 Å². The second-order valence-electron chi connectivity index (χ2n) is 9.58. The summed E-state index contributed by atoms with van der Waals surface area (Å²) >= 11 is 0. The van der Waals surface area contributed by atoms with Crippen LogP contribution >= 0.6 is 0 Å². The predicted molar refractivity (Wildman–Crippen MR) is 135 cm³/mol. The Balaban J connectivity index is 1.77. The van der Waals surface area contributed by atoms with Gasteiger partial charge in [-0.25, -0.2) is 0 Å². The number of benzene rings is 1. The number of nitrogens with zero attached hydrogens (tertiary/aromatic N) is 4. The Kier molecular flexibility index (Phi) is 8.38. The van der Waals surface area contributed by atoms with E-state index in [0.29, 0.717) is 18.1 Å². The van der Waals surface area contributed by atoms with Crippen molar-refractivity contribution < 1.29 is 17.9 Å². The Hall–Kier alpha value is -2.82. The molecule has 2 heterocycles. The van der Waals surface area contributed by atoms with Crippen LogP contribution < -0.4 is 26.0 Å². The zero-order chi connectivity index (χ0) is 25.7. The molecule has 4 rings (SSSR count). The van der Waals surface area contributed by atoms with Gasteiger partial charge in [0.1, 0.15) is 5.75 Å². The first-order valence-corrected chi connectivity index (χ1v) is 12.9. The van der Waals surface area contributed by atoms with Crippen molar-refractivity contribution in [1.82, 2.24) is 20.3 Å². The third-order valence-electron chi connectivity index (χ3n) is 7.12. The fourth-order valence-corrected chi connectivity index (χ4v) is 5.37. The molecule has 2 fully saturated rings. The molecule has 198 valence electrons. The van der Waals surface area contributed by atoms with Gasteiger partial charge in [0.15, 0.2) is 0 Å². The SMILES string of the molecule is CCC(C1CCCN1)N(c1ccc(OC)c(C(F)(F)F)c1)c1nc(N)nc(NC2CCCCCC2)n1. The summed E-state index contributed by atoms with van der Waals surface area (Å²) in [5.74, 6) is 0.384. The van der Waals surface area contributed by atoms with E-state index in [1.165, 1.54) is 26.0 Å². The maximum atomic E-state index is 13.9. The average Bonchev–Trinajstić information content (AvgIpc) is 3.25. The summed E-state index contributed by atoms with van der Waals surface area (Å²) in [5.41, 5.74) is 5.59. The van der Waals surface area contributed by atoms with Gasteiger partial charge in [0.25, 0.3) is 0 Å². The molecule has 0 spiro atoms. The van der Waals surface area contributed by atoms with Crippen molar-refractivity contribution in [2.45, 2.75) is 89.0 Å². The first kappa shape index (κ1) is 26.2. The number of aromatic nitrogens is 3. The zero-order valence-corrected chi connectivity index (χ0v) is 20.9. The number of hydrogen-bond acceptors (Lipinski definition) is 8. The number of alkyl halides is 3. The summed E-state index contributed by atoms with van der Waals surface area (Å²) in [6, 6.07) is 4.18. The third kappa shape index (κ3) is 6.11. The number of ether oxygens (including phenoxy) is 1. The van der Waals surface area contributed by atoms with Crippen LogP contribution in [0.1, 0.15) is 70.3 Å². The van der Waals surface area contributed by atoms with Crippen LogP contribution in [0.5, 0.6) is 5.75 Å². The van der Waals surface area contributed by atoms with Crippen molar-refractivity contribution in [2.24, 2.45) is 0 Å². The van der Waals surface area contributed by atoms with Gasteiger partial charge in [-0.15, -0.1) is 0 Å². The predicted octanol–water partition coefficient (Wildman–Crippen LogP) is 5.28. The maximum Gasteiger partial charge on any atom is 0.420 e. The number of methoxy groups -OCH3 is 1. The van der Waals surface area contributed by atoms with Crippen LogP contribution in [0, 0.1) is 0 Å². The highest BCUT2D eigenvalue weighted by atomic mass is 19.4. The molecule has 2 unspecified atom stereocenters. The van der Waals surface area contributed by atoms with E-state index in [0.717, 1.165) is 51.1 Å². The zero-order valence-electron chi connectivity index (χ0n) is 20.9. The van der Waals surface area contributed by atoms with Crippen molar-refractivity contribution in [3.8, 4) is 5.75 Å². The molecule has 2 atom stereocenters. The smallest absolute Gasteiger partial charge is 0.420 e. The minimum atomic E-state index is -4.58. The summed E-state index contributed by atoms with van der Waals surface area (Å²) < 4.78 is 46.7. The van der Waals surface area contributed by atoms with Crippen molar-refractivity contribution in [2.75, 3.05) is 29.6 Å². The lowest BCUT2D eigenvalue weighted by molar-refractivity contribution is -0.138. The van der Waals surface area contributed by atoms with Gasteiger partial charge in [-0.2, -0.15) is 28.1 Å². The lowest BCUT2D eigenvalue weighted by Gasteiger charge is -2.36. The Morgan fingerprint density at radius 3 is 2.47 bits per heavy atom. The van der Waals surface area contributed by atoms with Gasteiger partial charge in [-0.3, -0.25) is 0 Å². The van der Waals surface area contributed by atoms with E-state index in [2.05, 4.69) is 25.6 Å². The highest BCUT2D eigenvalue weighted by Gasteiger charge is 2.37. The Morgan fingerprint density at radius 1 is 1.11 bits per heavy atom. The highest BCUT2D eigenvalue weighted by Crippen LogP contribution is 2.41. The molecule has 8 nitrogen and oxygen atoms in total. The number of nitrogens with two attached hydrogens (primary N) is 1. The summed E-state index contributed by atoms with van der Waals surface area (Å²) in [4.78, 5) is 15.2. The second kappa shape index (κ2) is 11.5. The molecule has 1 aliphatic heterocycles. The Labute approximate surface area is 210 Å². The van der Waals surface area contributed by atoms with Gasteiger partial charge in [0.05, 0.1) is 18.7 Å². The fourth-order valence-electron chi connectivity index (χ4n) is 5.37. The monoisotopic (exact) mass is 507 g/mol. The quantitative estimate of drug-likeness (QED) is 0.415. The van der Waals surface area contributed by atoms with Crippen molar-refractivity contribution in [1.29, 1.82) is 0 Å². The van der Waals surface area contributed by atoms with Crippen LogP contribution in [-0.2, 0) is 6.18 Å². The molecule has 36 heavy (non-hydrogen) atoms. The number of anilines is 4. The van der Waals surface area contributed by atoms with Gasteiger partial charge >= 0.3 is 6.18 Å². The van der Waals surface area contributed by atoms with Gasteiger partial charge in [-0.1, -0.05) is 32.6 Å². The van der Waals surface area contributed by atoms with Crippen LogP contribution in [0.4, 0.5) is 36.7 Å². The number of rotatable bonds is 8. The van der Waals surface area contributed by atoms with Crippen molar-refractivity contribution >= 4 is 23.5 Å². The Bertz CT molecular complexity index is 1010. The van der Waals surface area contributed by atoms with Crippen LogP contribution in [-0.4, -0.2) is 46.7 Å². The molecule has 4 N–H and O–H groups in total. The normalized spacial score (nSPS) is 20.1. The van der Waals surface area contributed by atoms with Crippen molar-refractivity contribution in [3.05, 3.63) is 23.8 Å². The van der Waals surface area contributed by atoms with Crippen LogP contribution in [0.15, 0.2) is 18.2 Å². The van der Waals surface area contributed by atoms with Gasteiger partial charge in [-0.05, 0) is 56.8 Å². The summed E-state index contributed by atoms with van der Waals surface area (Å²) in [6.07, 6.45) is 4.72. The molecule has 1 aromatic heterocycles. The summed E-state index contributed by atoms with van der Waals surface area (Å²) in [6.45, 7) is 2.88. The summed E-state index contributed by atoms with van der Waals surface area (Å²) in [5, 5.41) is 6.89. The molecule has 1 aliphatic carbocycles. The third-order valence-corrected chi connectivity index (χ3v) is 7.12. The van der Waals surface area contributed by atoms with Gasteiger partial charge in [0, 0.05) is 17.8 Å². The molecule has 0 radical (unpaired) electrons. The highest BCUT2D eigenvalue weighted by molar-refractivity contribution is 5.63. The molecule has 1 aromatic carbocycles. The molecular weight excluding hydrogens is 471 g/mol. The van der Waals surface area contributed by atoms with Gasteiger partial charge in [0.2, 0.25) is 17.8 Å². The van der Waals surface area contributed by atoms with Gasteiger partial charge < -0.3 is 26.0 Å². The van der Waals surface area contributed by atoms with E-state index >= 15 is 0 Å². The molecular formula is C25H36F3N7O. The average molecular weight is 508 g/mol. The first-order valence-electron chi connectivity index (χ1n) is 12.9. The van der Waals surface area contributed by atoms with E-state index in [1.54, 1.807) is 11.0 Å². The lowest BCUT2D eigenvalue weighted by atomic mass is 10.0. The number of halogens is 3. The van der Waals surface area contributed by atoms with E-state index in [9.17, 15) is 13.2 Å². The van der Waals surface area contributed by atoms with E-state index < -0.39 is 11.7 Å². The topological polar surface area (TPSA) is 101 Å². The molecule has 1 saturated heterocycles. The minimum absolute atomic E-state index is 0.0277. The first-order chi connectivity index (χ1) is 17.3. The standard InChI is InChI=1S/C25H36F3N7O/c1-3-20(19-11-8-14-30-19)35(17-12-13-21(36-2)18(15-17)25(26,27)28)24-33-22(29)32-23(34-24)31-16-9-6-4-5-7-10-16/h12-13,15-16,19-20,30H,3-11,14H2,1-2H3,(H3,29,31,32,33,34). The largest absolute Gasteiger partial charge is 0.496 e. The van der Waals surface area contributed by atoms with Crippen LogP contribution in [0.2, 0.25) is 0 Å². The molecule has 0 amide bonds. The molecule has 0 bridgehead atoms. The maximum absolute atomic E-state index is 13.9. The molecule has 1 saturated carbocycles. The number of nitrogen functional groups attached to an aromatic ring is 1. The van der Waals surface area contributed by atoms with Crippen LogP contribution in [0.25, 0.3) is 0 Å². The molecule has 11 heteroatoms. The lowest BCUT2D eigenvalue weighted by Crippen LogP contribution is -2.46. The minimum Gasteiger partial charge on any atom is -0.496 e. The number of nitrogens with one attached hydrogen (secondary N) is 2. The van der Waals surface area contributed by atoms with Crippen molar-refractivity contribution in [3.63, 3.8) is 0 Å². The molecule has 2 aromatic rings. The van der Waals surface area contributed by atoms with E-state index in [1.807, 2.05) is 6.92 Å². The summed E-state index contributed by atoms with van der Waals surface area (Å²) in [7, 11) is 1.23. The molecule has 2 aliphatic rings. The number of hydrogen-bond donors (Lipinski definition) is 3. The fraction of sp³-hybridized carbons (Fsp3) is 0.640. The van der Waals surface area contributed by atoms with E-state index in [4.69, 9.17) is 10.5 Å². The van der Waals surface area contributed by atoms with Crippen LogP contribution in [0.3, 0.4) is 0 Å². The second-order valence-corrected chi connectivity index (χ2v) is 9.58. The Morgan fingerprint density at radius 2 is 1.86 bits per heavy atom.